The van der Waals surface area contributed by atoms with Crippen LogP contribution < -0.4 is 11.2 Å². The van der Waals surface area contributed by atoms with E-state index in [4.69, 9.17) is 46.4 Å². The Labute approximate surface area is 173 Å². The first-order chi connectivity index (χ1) is 12.8. The van der Waals surface area contributed by atoms with Crippen LogP contribution in [0, 0.1) is 5.82 Å². The van der Waals surface area contributed by atoms with E-state index in [-0.39, 0.29) is 18.1 Å². The van der Waals surface area contributed by atoms with E-state index in [0.29, 0.717) is 26.2 Å². The summed E-state index contributed by atoms with van der Waals surface area (Å²) in [6.45, 7) is -0.123. The van der Waals surface area contributed by atoms with E-state index in [1.807, 2.05) is 0 Å². The van der Waals surface area contributed by atoms with Crippen LogP contribution in [0.3, 0.4) is 0 Å². The number of nitrogens with zero attached hydrogens (tertiary/aromatic N) is 2. The lowest BCUT2D eigenvalue weighted by Crippen LogP contribution is -2.41. The smallest absolute Gasteiger partial charge is 0.293 e. The van der Waals surface area contributed by atoms with Gasteiger partial charge in [0.2, 0.25) is 5.82 Å². The molecule has 140 valence electrons. The molecule has 3 aromatic rings. The highest BCUT2D eigenvalue weighted by molar-refractivity contribution is 6.42. The van der Waals surface area contributed by atoms with Gasteiger partial charge in [-0.3, -0.25) is 13.9 Å². The molecule has 0 aliphatic rings. The zero-order valence-electron chi connectivity index (χ0n) is 13.6. The molecule has 4 nitrogen and oxygen atoms in total. The molecule has 0 atom stereocenters. The fourth-order valence-electron chi connectivity index (χ4n) is 2.53. The Hall–Kier alpha value is -1.79. The van der Waals surface area contributed by atoms with E-state index >= 15 is 0 Å². The van der Waals surface area contributed by atoms with Crippen molar-refractivity contribution in [2.24, 2.45) is 0 Å². The van der Waals surface area contributed by atoms with Crippen LogP contribution in [-0.4, -0.2) is 9.13 Å². The molecule has 0 unspecified atom stereocenters. The molecule has 1 heterocycles. The van der Waals surface area contributed by atoms with Crippen molar-refractivity contribution >= 4 is 46.4 Å². The average molecular weight is 448 g/mol. The quantitative estimate of drug-likeness (QED) is 0.573. The van der Waals surface area contributed by atoms with E-state index in [1.54, 1.807) is 24.3 Å². The molecule has 3 rings (SSSR count). The van der Waals surface area contributed by atoms with Crippen LogP contribution in [0.25, 0.3) is 0 Å². The summed E-state index contributed by atoms with van der Waals surface area (Å²) in [5, 5.41) is 1.29. The van der Waals surface area contributed by atoms with Crippen molar-refractivity contribution in [3.05, 3.63) is 100 Å². The molecule has 0 aliphatic carbocycles. The van der Waals surface area contributed by atoms with E-state index < -0.39 is 17.1 Å². The fourth-order valence-corrected chi connectivity index (χ4v) is 3.17. The van der Waals surface area contributed by atoms with Gasteiger partial charge in [0.25, 0.3) is 5.56 Å². The lowest BCUT2D eigenvalue weighted by atomic mass is 10.2. The van der Waals surface area contributed by atoms with Gasteiger partial charge in [0.05, 0.1) is 39.4 Å². The van der Waals surface area contributed by atoms with Crippen LogP contribution in [0.4, 0.5) is 4.39 Å². The monoisotopic (exact) mass is 446 g/mol. The fraction of sp³-hybridized carbons (Fsp3) is 0.111. The molecule has 0 aliphatic heterocycles. The van der Waals surface area contributed by atoms with Gasteiger partial charge in [-0.1, -0.05) is 58.5 Å². The first-order valence-electron chi connectivity index (χ1n) is 7.64. The maximum absolute atomic E-state index is 14.1. The first kappa shape index (κ1) is 20.0. The lowest BCUT2D eigenvalue weighted by Gasteiger charge is -2.12. The third-order valence-corrected chi connectivity index (χ3v) is 5.33. The maximum atomic E-state index is 14.1. The van der Waals surface area contributed by atoms with Gasteiger partial charge in [-0.2, -0.15) is 4.39 Å². The van der Waals surface area contributed by atoms with Crippen LogP contribution >= 0.6 is 46.4 Å². The second-order valence-corrected chi connectivity index (χ2v) is 7.40. The molecule has 0 saturated carbocycles. The minimum atomic E-state index is -1.05. The Bertz CT molecular complexity index is 1140. The van der Waals surface area contributed by atoms with Crippen LogP contribution in [0.5, 0.6) is 0 Å². The van der Waals surface area contributed by atoms with Gasteiger partial charge in [-0.15, -0.1) is 0 Å². The van der Waals surface area contributed by atoms with Gasteiger partial charge in [-0.05, 0) is 35.4 Å². The largest absolute Gasteiger partial charge is 0.331 e. The summed E-state index contributed by atoms with van der Waals surface area (Å²) in [5.74, 6) is -1.05. The molecule has 0 radical (unpaired) electrons. The molecule has 1 aromatic heterocycles. The minimum absolute atomic E-state index is 0.0221. The summed E-state index contributed by atoms with van der Waals surface area (Å²) in [6, 6.07) is 9.47. The number of hydrogen-bond donors (Lipinski definition) is 0. The van der Waals surface area contributed by atoms with Gasteiger partial charge in [0.15, 0.2) is 0 Å². The van der Waals surface area contributed by atoms with E-state index in [1.165, 1.54) is 12.1 Å². The van der Waals surface area contributed by atoms with Crippen molar-refractivity contribution in [1.29, 1.82) is 0 Å². The topological polar surface area (TPSA) is 44.0 Å². The van der Waals surface area contributed by atoms with Gasteiger partial charge in [0, 0.05) is 0 Å². The third kappa shape index (κ3) is 4.38. The van der Waals surface area contributed by atoms with Crippen molar-refractivity contribution in [3.8, 4) is 0 Å². The minimum Gasteiger partial charge on any atom is -0.293 e. The molecule has 0 spiro atoms. The number of aromatic nitrogens is 2. The number of halogens is 5. The van der Waals surface area contributed by atoms with Gasteiger partial charge in [0.1, 0.15) is 0 Å². The van der Waals surface area contributed by atoms with Gasteiger partial charge >= 0.3 is 5.69 Å². The number of benzene rings is 2. The predicted octanol–water partition coefficient (Wildman–Crippen LogP) is 4.86. The van der Waals surface area contributed by atoms with Crippen LogP contribution in [0.2, 0.25) is 20.1 Å². The summed E-state index contributed by atoms with van der Waals surface area (Å²) < 4.78 is 16.0. The molecular formula is C18H11Cl4FN2O2. The second-order valence-electron chi connectivity index (χ2n) is 5.78. The Morgan fingerprint density at radius 3 is 1.81 bits per heavy atom. The Balaban J connectivity index is 2.02. The lowest BCUT2D eigenvalue weighted by molar-refractivity contribution is 0.518. The van der Waals surface area contributed by atoms with Crippen LogP contribution in [-0.2, 0) is 13.1 Å². The zero-order chi connectivity index (χ0) is 19.7. The SMILES string of the molecule is O=c1c(F)cn(Cc2ccc(Cl)c(Cl)c2)c(=O)n1Cc1ccc(Cl)c(Cl)c1. The molecule has 27 heavy (non-hydrogen) atoms. The van der Waals surface area contributed by atoms with Gasteiger partial charge < -0.3 is 0 Å². The highest BCUT2D eigenvalue weighted by atomic mass is 35.5. The molecule has 0 N–H and O–H groups in total. The van der Waals surface area contributed by atoms with Gasteiger partial charge in [-0.25, -0.2) is 4.79 Å². The molecule has 0 saturated heterocycles. The Kier molecular flexibility index (Phi) is 5.96. The van der Waals surface area contributed by atoms with Crippen LogP contribution in [0.1, 0.15) is 11.1 Å². The summed E-state index contributed by atoms with van der Waals surface area (Å²) in [6.07, 6.45) is 0.874. The summed E-state index contributed by atoms with van der Waals surface area (Å²) >= 11 is 23.7. The highest BCUT2D eigenvalue weighted by Crippen LogP contribution is 2.23. The molecule has 0 amide bonds. The van der Waals surface area contributed by atoms with E-state index in [2.05, 4.69) is 0 Å². The van der Waals surface area contributed by atoms with Crippen molar-refractivity contribution in [3.63, 3.8) is 0 Å². The van der Waals surface area contributed by atoms with Crippen molar-refractivity contribution in [2.75, 3.05) is 0 Å². The van der Waals surface area contributed by atoms with Crippen molar-refractivity contribution in [1.82, 2.24) is 9.13 Å². The van der Waals surface area contributed by atoms with E-state index in [9.17, 15) is 14.0 Å². The standard InChI is InChI=1S/C18H11Cl4FN2O2/c19-12-3-1-10(5-14(12)21)7-24-9-16(23)17(26)25(18(24)27)8-11-2-4-13(20)15(22)6-11/h1-6,9H,7-8H2. The molecule has 0 bridgehead atoms. The summed E-state index contributed by atoms with van der Waals surface area (Å²) in [5.41, 5.74) is -0.518. The molecule has 2 aromatic carbocycles. The van der Waals surface area contributed by atoms with Crippen molar-refractivity contribution in [2.45, 2.75) is 13.1 Å². The molecular weight excluding hydrogens is 437 g/mol. The Morgan fingerprint density at radius 1 is 0.778 bits per heavy atom. The average Bonchev–Trinajstić information content (AvgIpc) is 2.62. The third-order valence-electron chi connectivity index (χ3n) is 3.86. The Morgan fingerprint density at radius 2 is 1.30 bits per heavy atom. The predicted molar refractivity (Wildman–Crippen MR) is 106 cm³/mol. The molecule has 9 heteroatoms. The number of rotatable bonds is 4. The van der Waals surface area contributed by atoms with Crippen LogP contribution in [0.15, 0.2) is 52.2 Å². The number of hydrogen-bond acceptors (Lipinski definition) is 2. The normalized spacial score (nSPS) is 11.0. The molecule has 0 fully saturated rings. The van der Waals surface area contributed by atoms with Crippen molar-refractivity contribution < 1.29 is 4.39 Å². The first-order valence-corrected chi connectivity index (χ1v) is 9.15. The zero-order valence-corrected chi connectivity index (χ0v) is 16.6. The van der Waals surface area contributed by atoms with E-state index in [0.717, 1.165) is 15.3 Å². The summed E-state index contributed by atoms with van der Waals surface area (Å²) in [7, 11) is 0. The summed E-state index contributed by atoms with van der Waals surface area (Å²) in [4.78, 5) is 24.8. The maximum Gasteiger partial charge on any atom is 0.331 e. The second kappa shape index (κ2) is 8.07. The highest BCUT2D eigenvalue weighted by Gasteiger charge is 2.13.